The van der Waals surface area contributed by atoms with Gasteiger partial charge in [-0.25, -0.2) is 0 Å². The van der Waals surface area contributed by atoms with Gasteiger partial charge in [-0.1, -0.05) is 39.0 Å². The lowest BCUT2D eigenvalue weighted by atomic mass is 9.75. The van der Waals surface area contributed by atoms with Gasteiger partial charge >= 0.3 is 0 Å². The van der Waals surface area contributed by atoms with Crippen molar-refractivity contribution < 1.29 is 10.2 Å². The van der Waals surface area contributed by atoms with Crippen molar-refractivity contribution in [3.63, 3.8) is 0 Å². The predicted molar refractivity (Wildman–Crippen MR) is 69.7 cm³/mol. The molecule has 2 heteroatoms. The third kappa shape index (κ3) is 3.45. The van der Waals surface area contributed by atoms with Gasteiger partial charge in [0.05, 0.1) is 12.2 Å². The molecule has 0 spiro atoms. The molecule has 0 radical (unpaired) electrons. The first kappa shape index (κ1) is 13.4. The summed E-state index contributed by atoms with van der Waals surface area (Å²) in [6.45, 7) is 2.29. The van der Waals surface area contributed by atoms with E-state index in [2.05, 4.69) is 6.92 Å². The van der Waals surface area contributed by atoms with E-state index in [9.17, 15) is 10.2 Å². The Morgan fingerprint density at radius 2 is 1.18 bits per heavy atom. The fourth-order valence-corrected chi connectivity index (χ4v) is 3.66. The highest BCUT2D eigenvalue weighted by Crippen LogP contribution is 2.35. The highest BCUT2D eigenvalue weighted by Gasteiger charge is 2.34. The molecule has 17 heavy (non-hydrogen) atoms. The van der Waals surface area contributed by atoms with Gasteiger partial charge in [0.15, 0.2) is 0 Å². The molecule has 2 rings (SSSR count). The Morgan fingerprint density at radius 3 is 1.71 bits per heavy atom. The molecular formula is C15H28O2. The molecule has 0 aromatic rings. The molecule has 2 aliphatic carbocycles. The number of rotatable bonds is 3. The molecule has 0 bridgehead atoms. The molecule has 100 valence electrons. The molecule has 0 amide bonds. The topological polar surface area (TPSA) is 40.5 Å². The molecule has 2 nitrogen and oxygen atoms in total. The lowest BCUT2D eigenvalue weighted by molar-refractivity contribution is -0.0645. The summed E-state index contributed by atoms with van der Waals surface area (Å²) < 4.78 is 0. The Kier molecular flexibility index (Phi) is 4.87. The van der Waals surface area contributed by atoms with Gasteiger partial charge in [-0.05, 0) is 43.4 Å². The van der Waals surface area contributed by atoms with Crippen molar-refractivity contribution in [3.8, 4) is 0 Å². The van der Waals surface area contributed by atoms with Crippen LogP contribution in [0, 0.1) is 17.8 Å². The van der Waals surface area contributed by atoms with Crippen LogP contribution in [0.4, 0.5) is 0 Å². The summed E-state index contributed by atoms with van der Waals surface area (Å²) in [5, 5.41) is 20.6. The van der Waals surface area contributed by atoms with E-state index in [0.29, 0.717) is 11.8 Å². The summed E-state index contributed by atoms with van der Waals surface area (Å²) in [5.74, 6) is 1.52. The van der Waals surface area contributed by atoms with Crippen molar-refractivity contribution in [2.24, 2.45) is 17.8 Å². The number of aliphatic hydroxyl groups excluding tert-OH is 2. The molecule has 2 fully saturated rings. The van der Waals surface area contributed by atoms with Gasteiger partial charge in [0.2, 0.25) is 0 Å². The van der Waals surface area contributed by atoms with E-state index >= 15 is 0 Å². The first-order chi connectivity index (χ1) is 8.18. The van der Waals surface area contributed by atoms with Crippen LogP contribution in [0.2, 0.25) is 0 Å². The standard InChI is InChI=1S/C15H28O2/c1-11-7-9-13(10-8-11)15(17)14(16)12-5-3-2-4-6-12/h11-17H,2-10H2,1H3. The average molecular weight is 240 g/mol. The monoisotopic (exact) mass is 240 g/mol. The molecule has 2 N–H and O–H groups in total. The van der Waals surface area contributed by atoms with Crippen molar-refractivity contribution in [3.05, 3.63) is 0 Å². The van der Waals surface area contributed by atoms with Gasteiger partial charge in [-0.2, -0.15) is 0 Å². The second-order valence-corrected chi connectivity index (χ2v) is 6.40. The van der Waals surface area contributed by atoms with Crippen LogP contribution < -0.4 is 0 Å². The highest BCUT2D eigenvalue weighted by molar-refractivity contribution is 4.85. The first-order valence-corrected chi connectivity index (χ1v) is 7.54. The molecule has 0 aromatic carbocycles. The Morgan fingerprint density at radius 1 is 0.706 bits per heavy atom. The van der Waals surface area contributed by atoms with Crippen molar-refractivity contribution in [1.29, 1.82) is 0 Å². The Bertz CT molecular complexity index is 215. The summed E-state index contributed by atoms with van der Waals surface area (Å²) in [7, 11) is 0. The van der Waals surface area contributed by atoms with Crippen molar-refractivity contribution in [2.45, 2.75) is 76.9 Å². The lowest BCUT2D eigenvalue weighted by Gasteiger charge is -2.36. The fraction of sp³-hybridized carbons (Fsp3) is 1.00. The third-order valence-electron chi connectivity index (χ3n) is 5.03. The molecule has 2 aliphatic rings. The van der Waals surface area contributed by atoms with Crippen LogP contribution in [0.15, 0.2) is 0 Å². The minimum atomic E-state index is -0.467. The fourth-order valence-electron chi connectivity index (χ4n) is 3.66. The third-order valence-corrected chi connectivity index (χ3v) is 5.03. The van der Waals surface area contributed by atoms with Crippen LogP contribution in [0.5, 0.6) is 0 Å². The van der Waals surface area contributed by atoms with Crippen LogP contribution in [0.25, 0.3) is 0 Å². The van der Waals surface area contributed by atoms with E-state index < -0.39 is 12.2 Å². The van der Waals surface area contributed by atoms with Gasteiger partial charge in [0.1, 0.15) is 0 Å². The number of hydrogen-bond donors (Lipinski definition) is 2. The quantitative estimate of drug-likeness (QED) is 0.795. The lowest BCUT2D eigenvalue weighted by Crippen LogP contribution is -2.40. The van der Waals surface area contributed by atoms with E-state index in [1.54, 1.807) is 0 Å². The minimum Gasteiger partial charge on any atom is -0.390 e. The first-order valence-electron chi connectivity index (χ1n) is 7.54. The van der Waals surface area contributed by atoms with Crippen molar-refractivity contribution in [2.75, 3.05) is 0 Å². The molecule has 0 aliphatic heterocycles. The molecule has 0 heterocycles. The summed E-state index contributed by atoms with van der Waals surface area (Å²) in [6.07, 6.45) is 9.71. The number of hydrogen-bond acceptors (Lipinski definition) is 2. The normalized spacial score (nSPS) is 35.5. The van der Waals surface area contributed by atoms with Crippen LogP contribution >= 0.6 is 0 Å². The molecule has 0 saturated heterocycles. The Hall–Kier alpha value is -0.0800. The van der Waals surface area contributed by atoms with Gasteiger partial charge in [-0.15, -0.1) is 0 Å². The van der Waals surface area contributed by atoms with Crippen LogP contribution in [0.3, 0.4) is 0 Å². The molecule has 2 unspecified atom stereocenters. The molecule has 2 atom stereocenters. The van der Waals surface area contributed by atoms with Gasteiger partial charge in [0, 0.05) is 0 Å². The molecule has 2 saturated carbocycles. The highest BCUT2D eigenvalue weighted by atomic mass is 16.3. The summed E-state index contributed by atoms with van der Waals surface area (Å²) in [6, 6.07) is 0. The second kappa shape index (κ2) is 6.19. The van der Waals surface area contributed by atoms with E-state index in [0.717, 1.165) is 31.6 Å². The average Bonchev–Trinajstić information content (AvgIpc) is 2.39. The number of aliphatic hydroxyl groups is 2. The van der Waals surface area contributed by atoms with E-state index in [-0.39, 0.29) is 0 Å². The largest absolute Gasteiger partial charge is 0.390 e. The second-order valence-electron chi connectivity index (χ2n) is 6.40. The Labute approximate surface area is 105 Å². The van der Waals surface area contributed by atoms with E-state index in [1.165, 1.54) is 32.1 Å². The summed E-state index contributed by atoms with van der Waals surface area (Å²) >= 11 is 0. The minimum absolute atomic E-state index is 0.350. The summed E-state index contributed by atoms with van der Waals surface area (Å²) in [5.41, 5.74) is 0. The summed E-state index contributed by atoms with van der Waals surface area (Å²) in [4.78, 5) is 0. The van der Waals surface area contributed by atoms with Crippen LogP contribution in [-0.4, -0.2) is 22.4 Å². The molecular weight excluding hydrogens is 212 g/mol. The zero-order valence-corrected chi connectivity index (χ0v) is 11.1. The van der Waals surface area contributed by atoms with Crippen molar-refractivity contribution in [1.82, 2.24) is 0 Å². The van der Waals surface area contributed by atoms with Gasteiger partial charge < -0.3 is 10.2 Å². The zero-order chi connectivity index (χ0) is 12.3. The smallest absolute Gasteiger partial charge is 0.0829 e. The van der Waals surface area contributed by atoms with Crippen LogP contribution in [0.1, 0.15) is 64.7 Å². The Balaban J connectivity index is 1.83. The predicted octanol–water partition coefficient (Wildman–Crippen LogP) is 3.11. The van der Waals surface area contributed by atoms with Gasteiger partial charge in [0.25, 0.3) is 0 Å². The maximum atomic E-state index is 10.3. The van der Waals surface area contributed by atoms with Gasteiger partial charge in [-0.3, -0.25) is 0 Å². The zero-order valence-electron chi connectivity index (χ0n) is 11.1. The maximum Gasteiger partial charge on any atom is 0.0829 e. The van der Waals surface area contributed by atoms with E-state index in [1.807, 2.05) is 0 Å². The SMILES string of the molecule is CC1CCC(C(O)C(O)C2CCCCC2)CC1. The van der Waals surface area contributed by atoms with Crippen molar-refractivity contribution >= 4 is 0 Å². The van der Waals surface area contributed by atoms with E-state index in [4.69, 9.17) is 0 Å². The maximum absolute atomic E-state index is 10.3. The molecule has 0 aromatic heterocycles. The van der Waals surface area contributed by atoms with Crippen LogP contribution in [-0.2, 0) is 0 Å².